The highest BCUT2D eigenvalue weighted by Crippen LogP contribution is 2.22. The van der Waals surface area contributed by atoms with Crippen LogP contribution in [0.25, 0.3) is 4.96 Å². The maximum absolute atomic E-state index is 5.28. The molecule has 0 radical (unpaired) electrons. The molecule has 0 aliphatic rings. The van der Waals surface area contributed by atoms with Gasteiger partial charge in [-0.05, 0) is 12.5 Å². The fraction of sp³-hybridized carbons (Fsp3) is 0.545. The van der Waals surface area contributed by atoms with Crippen LogP contribution in [-0.4, -0.2) is 23.0 Å². The number of methoxy groups -OCH3 is 1. The Morgan fingerprint density at radius 2 is 2.38 bits per heavy atom. The number of imidazole rings is 1. The summed E-state index contributed by atoms with van der Waals surface area (Å²) >= 11 is 1.62. The van der Waals surface area contributed by atoms with E-state index in [1.807, 2.05) is 11.6 Å². The van der Waals surface area contributed by atoms with Crippen molar-refractivity contribution in [3.05, 3.63) is 17.3 Å². The monoisotopic (exact) mass is 239 g/mol. The lowest BCUT2D eigenvalue weighted by Crippen LogP contribution is -2.20. The summed E-state index contributed by atoms with van der Waals surface area (Å²) in [5, 5.41) is 5.44. The predicted molar refractivity (Wildman–Crippen MR) is 66.2 cm³/mol. The van der Waals surface area contributed by atoms with Gasteiger partial charge in [-0.15, -0.1) is 11.3 Å². The molecule has 0 unspecified atom stereocenters. The van der Waals surface area contributed by atoms with Gasteiger partial charge in [-0.2, -0.15) is 4.98 Å². The van der Waals surface area contributed by atoms with Crippen molar-refractivity contribution in [3.63, 3.8) is 0 Å². The molecule has 4 nitrogen and oxygen atoms in total. The van der Waals surface area contributed by atoms with Crippen LogP contribution in [0.5, 0.6) is 5.88 Å². The third-order valence-electron chi connectivity index (χ3n) is 2.36. The van der Waals surface area contributed by atoms with Crippen LogP contribution in [0.15, 0.2) is 11.6 Å². The van der Waals surface area contributed by atoms with Gasteiger partial charge in [-0.1, -0.05) is 13.8 Å². The maximum Gasteiger partial charge on any atom is 0.237 e. The second-order valence-corrected chi connectivity index (χ2v) is 5.02. The van der Waals surface area contributed by atoms with Crippen LogP contribution in [-0.2, 0) is 6.54 Å². The van der Waals surface area contributed by atoms with Crippen LogP contribution in [0.1, 0.15) is 19.5 Å². The second kappa shape index (κ2) is 4.84. The zero-order chi connectivity index (χ0) is 11.5. The van der Waals surface area contributed by atoms with Crippen LogP contribution < -0.4 is 10.1 Å². The summed E-state index contributed by atoms with van der Waals surface area (Å²) in [7, 11) is 1.67. The topological polar surface area (TPSA) is 38.6 Å². The molecule has 16 heavy (non-hydrogen) atoms. The van der Waals surface area contributed by atoms with Crippen molar-refractivity contribution in [2.45, 2.75) is 20.4 Å². The van der Waals surface area contributed by atoms with Crippen molar-refractivity contribution in [1.82, 2.24) is 14.7 Å². The Kier molecular flexibility index (Phi) is 3.46. The van der Waals surface area contributed by atoms with Crippen molar-refractivity contribution in [1.29, 1.82) is 0 Å². The van der Waals surface area contributed by atoms with E-state index >= 15 is 0 Å². The highest BCUT2D eigenvalue weighted by Gasteiger charge is 2.12. The molecule has 2 heterocycles. The Labute approximate surface area is 99.3 Å². The van der Waals surface area contributed by atoms with Crippen LogP contribution in [0, 0.1) is 5.92 Å². The van der Waals surface area contributed by atoms with E-state index in [2.05, 4.69) is 28.5 Å². The smallest absolute Gasteiger partial charge is 0.237 e. The van der Waals surface area contributed by atoms with Crippen molar-refractivity contribution < 1.29 is 4.74 Å². The van der Waals surface area contributed by atoms with Gasteiger partial charge in [0.25, 0.3) is 0 Å². The van der Waals surface area contributed by atoms with Gasteiger partial charge in [-0.3, -0.25) is 4.40 Å². The Bertz CT molecular complexity index is 461. The zero-order valence-corrected chi connectivity index (χ0v) is 10.7. The zero-order valence-electron chi connectivity index (χ0n) is 9.86. The van der Waals surface area contributed by atoms with Gasteiger partial charge in [0.05, 0.1) is 7.11 Å². The summed E-state index contributed by atoms with van der Waals surface area (Å²) in [6.07, 6.45) is 2.03. The summed E-state index contributed by atoms with van der Waals surface area (Å²) in [6.45, 7) is 6.18. The number of nitrogens with one attached hydrogen (secondary N) is 1. The molecule has 0 aromatic carbocycles. The van der Waals surface area contributed by atoms with Crippen LogP contribution in [0.3, 0.4) is 0 Å². The molecule has 0 fully saturated rings. The summed E-state index contributed by atoms with van der Waals surface area (Å²) < 4.78 is 7.36. The van der Waals surface area contributed by atoms with E-state index in [4.69, 9.17) is 4.74 Å². The molecule has 2 aromatic rings. The Hall–Kier alpha value is -1.07. The Morgan fingerprint density at radius 3 is 3.06 bits per heavy atom. The normalized spacial score (nSPS) is 11.5. The first-order valence-corrected chi connectivity index (χ1v) is 6.29. The van der Waals surface area contributed by atoms with E-state index in [-0.39, 0.29) is 0 Å². The largest absolute Gasteiger partial charge is 0.480 e. The molecule has 88 valence electrons. The molecular formula is C11H17N3OS. The van der Waals surface area contributed by atoms with E-state index in [9.17, 15) is 0 Å². The van der Waals surface area contributed by atoms with Gasteiger partial charge in [0, 0.05) is 18.1 Å². The molecule has 0 saturated carbocycles. The minimum absolute atomic E-state index is 0.650. The molecule has 2 rings (SSSR count). The molecule has 0 bridgehead atoms. The first-order valence-electron chi connectivity index (χ1n) is 5.41. The first-order chi connectivity index (χ1) is 7.72. The lowest BCUT2D eigenvalue weighted by molar-refractivity contribution is 0.392. The average Bonchev–Trinajstić information content (AvgIpc) is 2.79. The van der Waals surface area contributed by atoms with Crippen molar-refractivity contribution in [2.75, 3.05) is 13.7 Å². The number of hydrogen-bond donors (Lipinski definition) is 1. The number of hydrogen-bond acceptors (Lipinski definition) is 4. The van der Waals surface area contributed by atoms with Crippen molar-refractivity contribution in [3.8, 4) is 5.88 Å². The van der Waals surface area contributed by atoms with E-state index in [1.165, 1.54) is 0 Å². The summed E-state index contributed by atoms with van der Waals surface area (Å²) in [4.78, 5) is 5.39. The van der Waals surface area contributed by atoms with Crippen LogP contribution >= 0.6 is 11.3 Å². The average molecular weight is 239 g/mol. The Morgan fingerprint density at radius 1 is 1.56 bits per heavy atom. The minimum Gasteiger partial charge on any atom is -0.480 e. The molecule has 5 heteroatoms. The van der Waals surface area contributed by atoms with Crippen LogP contribution in [0.4, 0.5) is 0 Å². The number of fused-ring (bicyclic) bond motifs is 1. The van der Waals surface area contributed by atoms with Gasteiger partial charge in [0.15, 0.2) is 4.96 Å². The molecule has 2 aromatic heterocycles. The third-order valence-corrected chi connectivity index (χ3v) is 3.12. The lowest BCUT2D eigenvalue weighted by atomic mass is 10.2. The van der Waals surface area contributed by atoms with Crippen LogP contribution in [0.2, 0.25) is 0 Å². The number of thiazole rings is 1. The second-order valence-electron chi connectivity index (χ2n) is 4.15. The highest BCUT2D eigenvalue weighted by molar-refractivity contribution is 7.15. The lowest BCUT2D eigenvalue weighted by Gasteiger charge is -2.07. The molecule has 0 amide bonds. The fourth-order valence-corrected chi connectivity index (χ4v) is 2.34. The Balaban J connectivity index is 2.16. The SMILES string of the molecule is COc1nc2sccn2c1CNCC(C)C. The molecule has 0 saturated heterocycles. The summed E-state index contributed by atoms with van der Waals surface area (Å²) in [5.74, 6) is 1.37. The molecule has 0 atom stereocenters. The van der Waals surface area contributed by atoms with Gasteiger partial charge in [0.1, 0.15) is 5.69 Å². The number of ether oxygens (including phenoxy) is 1. The van der Waals surface area contributed by atoms with Crippen molar-refractivity contribution in [2.24, 2.45) is 5.92 Å². The number of aromatic nitrogens is 2. The summed E-state index contributed by atoms with van der Waals surface area (Å²) in [6, 6.07) is 0. The molecular weight excluding hydrogens is 222 g/mol. The molecule has 1 N–H and O–H groups in total. The van der Waals surface area contributed by atoms with Gasteiger partial charge < -0.3 is 10.1 Å². The fourth-order valence-electron chi connectivity index (χ4n) is 1.62. The number of nitrogens with zero attached hydrogens (tertiary/aromatic N) is 2. The maximum atomic E-state index is 5.28. The van der Waals surface area contributed by atoms with E-state index in [1.54, 1.807) is 18.4 Å². The first kappa shape index (κ1) is 11.4. The van der Waals surface area contributed by atoms with E-state index in [0.717, 1.165) is 29.6 Å². The minimum atomic E-state index is 0.650. The molecule has 0 aliphatic carbocycles. The quantitative estimate of drug-likeness (QED) is 0.869. The highest BCUT2D eigenvalue weighted by atomic mass is 32.1. The third kappa shape index (κ3) is 2.20. The summed E-state index contributed by atoms with van der Waals surface area (Å²) in [5.41, 5.74) is 1.10. The van der Waals surface area contributed by atoms with Gasteiger partial charge in [0.2, 0.25) is 5.88 Å². The molecule has 0 spiro atoms. The standard InChI is InChI=1S/C11H17N3OS/c1-8(2)6-12-7-9-10(15-3)13-11-14(9)4-5-16-11/h4-5,8,12H,6-7H2,1-3H3. The number of rotatable bonds is 5. The van der Waals surface area contributed by atoms with E-state index < -0.39 is 0 Å². The van der Waals surface area contributed by atoms with Crippen molar-refractivity contribution >= 4 is 16.3 Å². The predicted octanol–water partition coefficient (Wildman–Crippen LogP) is 2.15. The van der Waals surface area contributed by atoms with Gasteiger partial charge >= 0.3 is 0 Å². The van der Waals surface area contributed by atoms with E-state index in [0.29, 0.717) is 5.92 Å². The molecule has 0 aliphatic heterocycles. The van der Waals surface area contributed by atoms with Gasteiger partial charge in [-0.25, -0.2) is 0 Å².